The quantitative estimate of drug-likeness (QED) is 0.821. The molecule has 0 aromatic carbocycles. The zero-order valence-corrected chi connectivity index (χ0v) is 12.1. The molecule has 2 aliphatic rings. The lowest BCUT2D eigenvalue weighted by Crippen LogP contribution is -2.52. The van der Waals surface area contributed by atoms with E-state index in [4.69, 9.17) is 9.47 Å². The lowest BCUT2D eigenvalue weighted by Gasteiger charge is -2.44. The van der Waals surface area contributed by atoms with E-state index in [2.05, 4.69) is 31.2 Å². The zero-order valence-electron chi connectivity index (χ0n) is 12.1. The molecule has 0 saturated carbocycles. The van der Waals surface area contributed by atoms with Crippen LogP contribution in [0.1, 0.15) is 32.6 Å². The van der Waals surface area contributed by atoms with Gasteiger partial charge in [-0.25, -0.2) is 0 Å². The van der Waals surface area contributed by atoms with Gasteiger partial charge in [0, 0.05) is 38.4 Å². The monoisotopic (exact) mass is 256 g/mol. The fourth-order valence-electron chi connectivity index (χ4n) is 3.26. The largest absolute Gasteiger partial charge is 0.381 e. The van der Waals surface area contributed by atoms with E-state index in [0.29, 0.717) is 12.1 Å². The van der Waals surface area contributed by atoms with Crippen LogP contribution in [0.15, 0.2) is 0 Å². The Morgan fingerprint density at radius 2 is 2.00 bits per heavy atom. The number of likely N-dealkylation sites (N-methyl/N-ethyl adjacent to an activating group) is 1. The molecule has 2 saturated heterocycles. The number of ether oxygens (including phenoxy) is 2. The molecule has 0 amide bonds. The summed E-state index contributed by atoms with van der Waals surface area (Å²) in [6.45, 7) is 5.98. The standard InChI is InChI=1S/C14H28N2O2/c1-12(11-16(2)3)15-13-4-7-18-14(10-13)5-8-17-9-6-14/h12-13,15H,4-11H2,1-3H3. The van der Waals surface area contributed by atoms with Gasteiger partial charge in [0.1, 0.15) is 0 Å². The fourth-order valence-corrected chi connectivity index (χ4v) is 3.26. The predicted molar refractivity (Wildman–Crippen MR) is 72.9 cm³/mol. The minimum Gasteiger partial charge on any atom is -0.381 e. The van der Waals surface area contributed by atoms with E-state index < -0.39 is 0 Å². The van der Waals surface area contributed by atoms with Crippen LogP contribution in [0.5, 0.6) is 0 Å². The highest BCUT2D eigenvalue weighted by Crippen LogP contribution is 2.34. The van der Waals surface area contributed by atoms with Crippen LogP contribution in [0.25, 0.3) is 0 Å². The Morgan fingerprint density at radius 3 is 2.67 bits per heavy atom. The summed E-state index contributed by atoms with van der Waals surface area (Å²) in [7, 11) is 4.25. The Bertz CT molecular complexity index is 247. The third kappa shape index (κ3) is 3.92. The maximum atomic E-state index is 6.07. The van der Waals surface area contributed by atoms with Gasteiger partial charge >= 0.3 is 0 Å². The Balaban J connectivity index is 1.82. The third-order valence-electron chi connectivity index (χ3n) is 4.06. The molecule has 1 N–H and O–H groups in total. The molecule has 2 aliphatic heterocycles. The first-order chi connectivity index (χ1) is 8.60. The van der Waals surface area contributed by atoms with Gasteiger partial charge in [0.05, 0.1) is 5.60 Å². The zero-order chi connectivity index (χ0) is 13.0. The summed E-state index contributed by atoms with van der Waals surface area (Å²) in [6, 6.07) is 1.15. The van der Waals surface area contributed by atoms with E-state index in [9.17, 15) is 0 Å². The van der Waals surface area contributed by atoms with Crippen molar-refractivity contribution in [3.05, 3.63) is 0 Å². The normalized spacial score (nSPS) is 29.7. The molecule has 2 rings (SSSR count). The molecule has 0 aromatic rings. The van der Waals surface area contributed by atoms with Crippen molar-refractivity contribution in [1.82, 2.24) is 10.2 Å². The summed E-state index contributed by atoms with van der Waals surface area (Å²) < 4.78 is 11.5. The minimum absolute atomic E-state index is 0.103. The van der Waals surface area contributed by atoms with Gasteiger partial charge in [-0.1, -0.05) is 0 Å². The van der Waals surface area contributed by atoms with Crippen molar-refractivity contribution in [1.29, 1.82) is 0 Å². The average molecular weight is 256 g/mol. The molecule has 2 unspecified atom stereocenters. The van der Waals surface area contributed by atoms with Crippen molar-refractivity contribution in [2.45, 2.75) is 50.3 Å². The third-order valence-corrected chi connectivity index (χ3v) is 4.06. The van der Waals surface area contributed by atoms with Crippen LogP contribution in [0, 0.1) is 0 Å². The first-order valence-corrected chi connectivity index (χ1v) is 7.22. The summed E-state index contributed by atoms with van der Waals surface area (Å²) in [4.78, 5) is 2.24. The van der Waals surface area contributed by atoms with E-state index >= 15 is 0 Å². The van der Waals surface area contributed by atoms with Crippen LogP contribution < -0.4 is 5.32 Å². The highest BCUT2D eigenvalue weighted by molar-refractivity contribution is 4.92. The summed E-state index contributed by atoms with van der Waals surface area (Å²) >= 11 is 0. The number of nitrogens with one attached hydrogen (secondary N) is 1. The number of hydrogen-bond acceptors (Lipinski definition) is 4. The van der Waals surface area contributed by atoms with Gasteiger partial charge in [0.2, 0.25) is 0 Å². The second-order valence-corrected chi connectivity index (χ2v) is 6.16. The fraction of sp³-hybridized carbons (Fsp3) is 1.00. The van der Waals surface area contributed by atoms with Crippen molar-refractivity contribution in [2.75, 3.05) is 40.5 Å². The molecule has 1 spiro atoms. The molecule has 0 aromatic heterocycles. The maximum Gasteiger partial charge on any atom is 0.0741 e. The molecule has 0 aliphatic carbocycles. The van der Waals surface area contributed by atoms with Crippen molar-refractivity contribution in [2.24, 2.45) is 0 Å². The second-order valence-electron chi connectivity index (χ2n) is 6.16. The molecule has 4 heteroatoms. The molecule has 2 atom stereocenters. The van der Waals surface area contributed by atoms with E-state index in [-0.39, 0.29) is 5.60 Å². The molecule has 4 nitrogen and oxygen atoms in total. The summed E-state index contributed by atoms with van der Waals surface area (Å²) in [5, 5.41) is 3.76. The molecule has 2 fully saturated rings. The predicted octanol–water partition coefficient (Wildman–Crippen LogP) is 1.25. The maximum absolute atomic E-state index is 6.07. The summed E-state index contributed by atoms with van der Waals surface area (Å²) in [5.41, 5.74) is 0.103. The van der Waals surface area contributed by atoms with Gasteiger partial charge in [-0.2, -0.15) is 0 Å². The molecule has 18 heavy (non-hydrogen) atoms. The minimum atomic E-state index is 0.103. The molecule has 0 radical (unpaired) electrons. The smallest absolute Gasteiger partial charge is 0.0741 e. The number of rotatable bonds is 4. The molecule has 106 valence electrons. The van der Waals surface area contributed by atoms with Crippen molar-refractivity contribution in [3.63, 3.8) is 0 Å². The van der Waals surface area contributed by atoms with Gasteiger partial charge in [0.15, 0.2) is 0 Å². The first kappa shape index (κ1) is 14.3. The SMILES string of the molecule is CC(CN(C)C)NC1CCOC2(CCOCC2)C1. The van der Waals surface area contributed by atoms with Crippen LogP contribution in [0.2, 0.25) is 0 Å². The van der Waals surface area contributed by atoms with Crippen LogP contribution >= 0.6 is 0 Å². The van der Waals surface area contributed by atoms with E-state index in [0.717, 1.165) is 52.0 Å². The Labute approximate surface area is 111 Å². The van der Waals surface area contributed by atoms with Crippen LogP contribution in [-0.2, 0) is 9.47 Å². The molecule has 2 heterocycles. The lowest BCUT2D eigenvalue weighted by molar-refractivity contribution is -0.140. The Kier molecular flexibility index (Phi) is 5.01. The van der Waals surface area contributed by atoms with E-state index in [1.54, 1.807) is 0 Å². The van der Waals surface area contributed by atoms with Crippen LogP contribution in [-0.4, -0.2) is 63.0 Å². The van der Waals surface area contributed by atoms with Gasteiger partial charge in [-0.3, -0.25) is 0 Å². The van der Waals surface area contributed by atoms with Crippen LogP contribution in [0.3, 0.4) is 0 Å². The van der Waals surface area contributed by atoms with Gasteiger partial charge in [-0.05, 0) is 46.7 Å². The van der Waals surface area contributed by atoms with Crippen molar-refractivity contribution in [3.8, 4) is 0 Å². The average Bonchev–Trinajstić information content (AvgIpc) is 2.28. The van der Waals surface area contributed by atoms with E-state index in [1.165, 1.54) is 0 Å². The second kappa shape index (κ2) is 6.33. The number of hydrogen-bond donors (Lipinski definition) is 1. The highest BCUT2D eigenvalue weighted by atomic mass is 16.5. The van der Waals surface area contributed by atoms with Crippen LogP contribution in [0.4, 0.5) is 0 Å². The van der Waals surface area contributed by atoms with Crippen molar-refractivity contribution >= 4 is 0 Å². The summed E-state index contributed by atoms with van der Waals surface area (Å²) in [5.74, 6) is 0. The highest BCUT2D eigenvalue weighted by Gasteiger charge is 2.39. The Hall–Kier alpha value is -0.160. The topological polar surface area (TPSA) is 33.7 Å². The molecule has 0 bridgehead atoms. The summed E-state index contributed by atoms with van der Waals surface area (Å²) in [6.07, 6.45) is 4.41. The molecular formula is C14H28N2O2. The van der Waals surface area contributed by atoms with Gasteiger partial charge in [-0.15, -0.1) is 0 Å². The lowest BCUT2D eigenvalue weighted by atomic mass is 9.84. The number of nitrogens with zero attached hydrogens (tertiary/aromatic N) is 1. The van der Waals surface area contributed by atoms with Gasteiger partial charge < -0.3 is 19.7 Å². The Morgan fingerprint density at radius 1 is 1.28 bits per heavy atom. The molecular weight excluding hydrogens is 228 g/mol. The van der Waals surface area contributed by atoms with Crippen molar-refractivity contribution < 1.29 is 9.47 Å². The van der Waals surface area contributed by atoms with Gasteiger partial charge in [0.25, 0.3) is 0 Å². The van der Waals surface area contributed by atoms with E-state index in [1.807, 2.05) is 0 Å². The first-order valence-electron chi connectivity index (χ1n) is 7.22.